The van der Waals surface area contributed by atoms with Crippen molar-refractivity contribution in [3.63, 3.8) is 0 Å². The third-order valence-electron chi connectivity index (χ3n) is 1.19. The summed E-state index contributed by atoms with van der Waals surface area (Å²) in [4.78, 5) is 0. The Labute approximate surface area is 59.1 Å². The summed E-state index contributed by atoms with van der Waals surface area (Å²) in [6.07, 6.45) is 0. The molecule has 0 radical (unpaired) electrons. The Morgan fingerprint density at radius 1 is 1.70 bits per heavy atom. The van der Waals surface area contributed by atoms with Crippen molar-refractivity contribution in [3.8, 4) is 6.07 Å². The Morgan fingerprint density at radius 2 is 2.40 bits per heavy atom. The normalized spacial score (nSPS) is 12.5. The van der Waals surface area contributed by atoms with Crippen molar-refractivity contribution in [1.29, 1.82) is 5.26 Å². The fourth-order valence-corrected chi connectivity index (χ4v) is 0.658. The molecule has 0 aliphatic carbocycles. The number of hydrogen-bond acceptors (Lipinski definition) is 3. The number of rotatable bonds is 1. The van der Waals surface area contributed by atoms with E-state index in [4.69, 9.17) is 15.4 Å². The first-order chi connectivity index (χ1) is 4.74. The Bertz CT molecular complexity index is 257. The van der Waals surface area contributed by atoms with Crippen molar-refractivity contribution < 1.29 is 4.42 Å². The Balaban J connectivity index is 2.91. The van der Waals surface area contributed by atoms with Crippen molar-refractivity contribution in [1.82, 2.24) is 0 Å². The molecule has 0 fully saturated rings. The summed E-state index contributed by atoms with van der Waals surface area (Å²) in [6, 6.07) is 5.06. The van der Waals surface area contributed by atoms with Gasteiger partial charge in [0.25, 0.3) is 0 Å². The van der Waals surface area contributed by atoms with E-state index in [0.29, 0.717) is 11.5 Å². The number of furan rings is 1. The third kappa shape index (κ3) is 1.17. The molecule has 1 heterocycles. The molecule has 0 aromatic carbocycles. The summed E-state index contributed by atoms with van der Waals surface area (Å²) in [6.45, 7) is 1.81. The van der Waals surface area contributed by atoms with Crippen LogP contribution < -0.4 is 5.73 Å². The average molecular weight is 136 g/mol. The van der Waals surface area contributed by atoms with E-state index in [2.05, 4.69) is 0 Å². The lowest BCUT2D eigenvalue weighted by atomic mass is 10.3. The summed E-state index contributed by atoms with van der Waals surface area (Å²) in [7, 11) is 0. The predicted octanol–water partition coefficient (Wildman–Crippen LogP) is 1.17. The quantitative estimate of drug-likeness (QED) is 0.630. The van der Waals surface area contributed by atoms with Gasteiger partial charge in [0.2, 0.25) is 5.76 Å². The molecule has 10 heavy (non-hydrogen) atoms. The molecule has 0 aliphatic rings. The molecular weight excluding hydrogens is 128 g/mol. The van der Waals surface area contributed by atoms with Crippen molar-refractivity contribution in [3.05, 3.63) is 23.7 Å². The molecule has 0 saturated heterocycles. The molecule has 1 rings (SSSR count). The number of nitriles is 1. The first-order valence-electron chi connectivity index (χ1n) is 2.99. The maximum absolute atomic E-state index is 8.35. The van der Waals surface area contributed by atoms with E-state index in [-0.39, 0.29) is 6.04 Å². The van der Waals surface area contributed by atoms with Crippen molar-refractivity contribution in [2.75, 3.05) is 0 Å². The molecule has 52 valence electrons. The first-order valence-corrected chi connectivity index (χ1v) is 2.99. The zero-order valence-electron chi connectivity index (χ0n) is 5.66. The van der Waals surface area contributed by atoms with Gasteiger partial charge in [-0.3, -0.25) is 0 Å². The largest absolute Gasteiger partial charge is 0.449 e. The van der Waals surface area contributed by atoms with Crippen molar-refractivity contribution >= 4 is 0 Å². The van der Waals surface area contributed by atoms with Gasteiger partial charge in [0.1, 0.15) is 11.8 Å². The van der Waals surface area contributed by atoms with Gasteiger partial charge < -0.3 is 10.2 Å². The predicted molar refractivity (Wildman–Crippen MR) is 36.0 cm³/mol. The van der Waals surface area contributed by atoms with E-state index in [9.17, 15) is 0 Å². The van der Waals surface area contributed by atoms with Crippen molar-refractivity contribution in [2.45, 2.75) is 13.0 Å². The zero-order valence-corrected chi connectivity index (χ0v) is 5.66. The molecule has 0 aliphatic heterocycles. The lowest BCUT2D eigenvalue weighted by Gasteiger charge is -1.96. The molecular formula is C7H8N2O. The summed E-state index contributed by atoms with van der Waals surface area (Å²) in [5.41, 5.74) is 5.48. The number of nitrogens with two attached hydrogens (primary N) is 1. The highest BCUT2D eigenvalue weighted by Gasteiger charge is 2.03. The van der Waals surface area contributed by atoms with Crippen LogP contribution in [0.1, 0.15) is 24.5 Å². The maximum Gasteiger partial charge on any atom is 0.203 e. The van der Waals surface area contributed by atoms with Crippen LogP contribution in [0.15, 0.2) is 16.5 Å². The molecule has 1 atom stereocenters. The van der Waals surface area contributed by atoms with Crippen LogP contribution in [-0.4, -0.2) is 0 Å². The van der Waals surface area contributed by atoms with E-state index in [0.717, 1.165) is 0 Å². The number of nitrogens with zero attached hydrogens (tertiary/aromatic N) is 1. The summed E-state index contributed by atoms with van der Waals surface area (Å²) >= 11 is 0. The molecule has 0 unspecified atom stereocenters. The van der Waals surface area contributed by atoms with E-state index in [1.54, 1.807) is 19.1 Å². The van der Waals surface area contributed by atoms with Crippen LogP contribution in [0.2, 0.25) is 0 Å². The Kier molecular flexibility index (Phi) is 1.74. The fraction of sp³-hybridized carbons (Fsp3) is 0.286. The first kappa shape index (κ1) is 6.84. The SMILES string of the molecule is C[C@H](N)c1ccc(C#N)o1. The van der Waals surface area contributed by atoms with Gasteiger partial charge >= 0.3 is 0 Å². The summed E-state index contributed by atoms with van der Waals surface area (Å²) < 4.78 is 5.01. The molecule has 0 spiro atoms. The van der Waals surface area contributed by atoms with Gasteiger partial charge in [-0.2, -0.15) is 5.26 Å². The van der Waals surface area contributed by atoms with Crippen LogP contribution in [0.5, 0.6) is 0 Å². The standard InChI is InChI=1S/C7H8N2O/c1-5(9)7-3-2-6(4-8)10-7/h2-3,5H,9H2,1H3/t5-/m0/s1. The highest BCUT2D eigenvalue weighted by Crippen LogP contribution is 2.12. The van der Waals surface area contributed by atoms with Crippen LogP contribution in [0.25, 0.3) is 0 Å². The molecule has 0 amide bonds. The second-order valence-corrected chi connectivity index (χ2v) is 2.10. The lowest BCUT2D eigenvalue weighted by Crippen LogP contribution is -2.02. The zero-order chi connectivity index (χ0) is 7.56. The van der Waals surface area contributed by atoms with Gasteiger partial charge in [-0.15, -0.1) is 0 Å². The van der Waals surface area contributed by atoms with Crippen molar-refractivity contribution in [2.24, 2.45) is 5.73 Å². The Hall–Kier alpha value is -1.27. The molecule has 0 bridgehead atoms. The van der Waals surface area contributed by atoms with Gasteiger partial charge in [-0.25, -0.2) is 0 Å². The second-order valence-electron chi connectivity index (χ2n) is 2.10. The Morgan fingerprint density at radius 3 is 2.70 bits per heavy atom. The van der Waals surface area contributed by atoms with E-state index in [1.807, 2.05) is 6.07 Å². The topological polar surface area (TPSA) is 63.0 Å². The van der Waals surface area contributed by atoms with E-state index in [1.165, 1.54) is 0 Å². The minimum Gasteiger partial charge on any atom is -0.449 e. The van der Waals surface area contributed by atoms with Gasteiger partial charge in [-0.1, -0.05) is 0 Å². The molecule has 1 aromatic heterocycles. The summed E-state index contributed by atoms with van der Waals surface area (Å²) in [5.74, 6) is 0.962. The molecule has 3 nitrogen and oxygen atoms in total. The van der Waals surface area contributed by atoms with Gasteiger partial charge in [0, 0.05) is 0 Å². The molecule has 2 N–H and O–H groups in total. The van der Waals surface area contributed by atoms with Gasteiger partial charge in [0.05, 0.1) is 6.04 Å². The minimum absolute atomic E-state index is 0.137. The minimum atomic E-state index is -0.137. The number of hydrogen-bond donors (Lipinski definition) is 1. The van der Waals surface area contributed by atoms with Crippen LogP contribution in [0, 0.1) is 11.3 Å². The van der Waals surface area contributed by atoms with Crippen LogP contribution in [0.3, 0.4) is 0 Å². The smallest absolute Gasteiger partial charge is 0.203 e. The van der Waals surface area contributed by atoms with Crippen LogP contribution >= 0.6 is 0 Å². The maximum atomic E-state index is 8.35. The molecule has 3 heteroatoms. The van der Waals surface area contributed by atoms with E-state index >= 15 is 0 Å². The van der Waals surface area contributed by atoms with Crippen LogP contribution in [-0.2, 0) is 0 Å². The second kappa shape index (κ2) is 2.54. The van der Waals surface area contributed by atoms with Gasteiger partial charge in [0.15, 0.2) is 0 Å². The molecule has 1 aromatic rings. The lowest BCUT2D eigenvalue weighted by molar-refractivity contribution is 0.470. The monoisotopic (exact) mass is 136 g/mol. The fourth-order valence-electron chi connectivity index (χ4n) is 0.658. The van der Waals surface area contributed by atoms with Gasteiger partial charge in [-0.05, 0) is 19.1 Å². The highest BCUT2D eigenvalue weighted by atomic mass is 16.3. The van der Waals surface area contributed by atoms with E-state index < -0.39 is 0 Å². The average Bonchev–Trinajstić information content (AvgIpc) is 2.34. The van der Waals surface area contributed by atoms with Crippen LogP contribution in [0.4, 0.5) is 0 Å². The third-order valence-corrected chi connectivity index (χ3v) is 1.19. The highest BCUT2D eigenvalue weighted by molar-refractivity contribution is 5.20. The summed E-state index contributed by atoms with van der Waals surface area (Å²) in [5, 5.41) is 8.35. The molecule has 0 saturated carbocycles.